The summed E-state index contributed by atoms with van der Waals surface area (Å²) in [6, 6.07) is 18.3. The van der Waals surface area contributed by atoms with Crippen LogP contribution < -0.4 is 5.73 Å². The minimum Gasteiger partial charge on any atom is -0.399 e. The second-order valence-corrected chi connectivity index (χ2v) is 4.49. The Morgan fingerprint density at radius 3 is 2.58 bits per heavy atom. The van der Waals surface area contributed by atoms with Crippen molar-refractivity contribution < 1.29 is 0 Å². The van der Waals surface area contributed by atoms with E-state index >= 15 is 0 Å². The van der Waals surface area contributed by atoms with E-state index in [0.29, 0.717) is 0 Å². The van der Waals surface area contributed by atoms with Gasteiger partial charge in [0.2, 0.25) is 0 Å². The maximum Gasteiger partial charge on any atom is 0.0666 e. The van der Waals surface area contributed by atoms with Crippen LogP contribution in [0.1, 0.15) is 5.56 Å². The van der Waals surface area contributed by atoms with Crippen LogP contribution in [-0.2, 0) is 6.54 Å². The molecule has 2 aromatic carbocycles. The Hall–Kier alpha value is -2.55. The van der Waals surface area contributed by atoms with Crippen molar-refractivity contribution in [2.24, 2.45) is 0 Å². The van der Waals surface area contributed by atoms with Crippen molar-refractivity contribution in [3.63, 3.8) is 0 Å². The third kappa shape index (κ3) is 2.50. The van der Waals surface area contributed by atoms with Crippen molar-refractivity contribution in [2.75, 3.05) is 5.73 Å². The first-order valence-corrected chi connectivity index (χ1v) is 6.24. The van der Waals surface area contributed by atoms with E-state index < -0.39 is 0 Å². The molecule has 1 heterocycles. The maximum absolute atomic E-state index is 5.90. The van der Waals surface area contributed by atoms with Gasteiger partial charge in [0.1, 0.15) is 0 Å². The lowest BCUT2D eigenvalue weighted by molar-refractivity contribution is 0.688. The number of nitrogen functional groups attached to an aromatic ring is 1. The lowest BCUT2D eigenvalue weighted by atomic mass is 9.99. The monoisotopic (exact) mass is 249 g/mol. The minimum absolute atomic E-state index is 0.724. The molecule has 0 fully saturated rings. The van der Waals surface area contributed by atoms with Crippen LogP contribution in [0.3, 0.4) is 0 Å². The van der Waals surface area contributed by atoms with Gasteiger partial charge in [0.25, 0.3) is 0 Å². The fourth-order valence-corrected chi connectivity index (χ4v) is 2.21. The Kier molecular flexibility index (Phi) is 3.02. The van der Waals surface area contributed by atoms with Crippen LogP contribution in [0.5, 0.6) is 0 Å². The molecule has 0 bridgehead atoms. The molecule has 19 heavy (non-hydrogen) atoms. The van der Waals surface area contributed by atoms with Crippen LogP contribution in [-0.4, -0.2) is 9.78 Å². The summed E-state index contributed by atoms with van der Waals surface area (Å²) in [5.74, 6) is 0. The van der Waals surface area contributed by atoms with Crippen molar-refractivity contribution in [1.82, 2.24) is 9.78 Å². The first-order valence-electron chi connectivity index (χ1n) is 6.24. The number of nitrogens with two attached hydrogens (primary N) is 1. The van der Waals surface area contributed by atoms with Crippen molar-refractivity contribution in [2.45, 2.75) is 6.54 Å². The van der Waals surface area contributed by atoms with E-state index in [4.69, 9.17) is 5.73 Å². The van der Waals surface area contributed by atoms with E-state index in [0.717, 1.165) is 12.2 Å². The number of benzene rings is 2. The molecule has 2 N–H and O–H groups in total. The van der Waals surface area contributed by atoms with E-state index in [1.54, 1.807) is 6.20 Å². The molecule has 0 saturated heterocycles. The minimum atomic E-state index is 0.724. The topological polar surface area (TPSA) is 43.8 Å². The van der Waals surface area contributed by atoms with Gasteiger partial charge in [0.15, 0.2) is 0 Å². The zero-order chi connectivity index (χ0) is 13.1. The molecule has 0 unspecified atom stereocenters. The number of aromatic nitrogens is 2. The second kappa shape index (κ2) is 4.98. The summed E-state index contributed by atoms with van der Waals surface area (Å²) in [7, 11) is 0. The Bertz CT molecular complexity index is 658. The molecule has 0 aliphatic carbocycles. The zero-order valence-corrected chi connectivity index (χ0v) is 10.5. The normalized spacial score (nSPS) is 10.5. The Morgan fingerprint density at radius 1 is 1.00 bits per heavy atom. The first-order chi connectivity index (χ1) is 9.33. The van der Waals surface area contributed by atoms with E-state index in [-0.39, 0.29) is 0 Å². The summed E-state index contributed by atoms with van der Waals surface area (Å²) in [6.45, 7) is 0.724. The number of hydrogen-bond acceptors (Lipinski definition) is 2. The zero-order valence-electron chi connectivity index (χ0n) is 10.5. The largest absolute Gasteiger partial charge is 0.399 e. The molecular weight excluding hydrogens is 234 g/mol. The van der Waals surface area contributed by atoms with Crippen LogP contribution in [0.15, 0.2) is 67.0 Å². The van der Waals surface area contributed by atoms with E-state index in [1.165, 1.54) is 16.7 Å². The van der Waals surface area contributed by atoms with E-state index in [1.807, 2.05) is 47.3 Å². The first kappa shape index (κ1) is 11.5. The highest BCUT2D eigenvalue weighted by Gasteiger charge is 2.06. The number of hydrogen-bond donors (Lipinski definition) is 1. The molecule has 0 saturated carbocycles. The lowest BCUT2D eigenvalue weighted by Crippen LogP contribution is -2.02. The average molecular weight is 249 g/mol. The van der Waals surface area contributed by atoms with Crippen LogP contribution in [0.4, 0.5) is 5.69 Å². The molecule has 0 aliphatic rings. The molecule has 0 aliphatic heterocycles. The Balaban J connectivity index is 2.04. The molecular formula is C16H15N3. The number of rotatable bonds is 3. The fraction of sp³-hybridized carbons (Fsp3) is 0.0625. The predicted octanol–water partition coefficient (Wildman–Crippen LogP) is 3.18. The van der Waals surface area contributed by atoms with Crippen molar-refractivity contribution in [3.05, 3.63) is 72.6 Å². The molecule has 0 radical (unpaired) electrons. The van der Waals surface area contributed by atoms with Crippen LogP contribution in [0.2, 0.25) is 0 Å². The standard InChI is InChI=1S/C16H15N3/c17-15-7-8-16(13-5-2-1-3-6-13)14(11-15)12-19-10-4-9-18-19/h1-11H,12,17H2. The Labute approximate surface area is 112 Å². The van der Waals surface area contributed by atoms with Gasteiger partial charge in [0, 0.05) is 18.1 Å². The highest BCUT2D eigenvalue weighted by molar-refractivity contribution is 5.69. The highest BCUT2D eigenvalue weighted by Crippen LogP contribution is 2.26. The van der Waals surface area contributed by atoms with Gasteiger partial charge >= 0.3 is 0 Å². The van der Waals surface area contributed by atoms with Crippen molar-refractivity contribution in [3.8, 4) is 11.1 Å². The fourth-order valence-electron chi connectivity index (χ4n) is 2.21. The molecule has 1 aromatic heterocycles. The van der Waals surface area contributed by atoms with Gasteiger partial charge < -0.3 is 5.73 Å². The van der Waals surface area contributed by atoms with Crippen molar-refractivity contribution >= 4 is 5.69 Å². The van der Waals surface area contributed by atoms with E-state index in [9.17, 15) is 0 Å². The molecule has 3 rings (SSSR count). The smallest absolute Gasteiger partial charge is 0.0666 e. The number of anilines is 1. The molecule has 0 amide bonds. The third-order valence-electron chi connectivity index (χ3n) is 3.11. The van der Waals surface area contributed by atoms with Gasteiger partial charge in [-0.3, -0.25) is 4.68 Å². The Morgan fingerprint density at radius 2 is 1.84 bits per heavy atom. The van der Waals surface area contributed by atoms with Crippen LogP contribution >= 0.6 is 0 Å². The van der Waals surface area contributed by atoms with Gasteiger partial charge in [-0.15, -0.1) is 0 Å². The summed E-state index contributed by atoms with van der Waals surface area (Å²) < 4.78 is 1.90. The lowest BCUT2D eigenvalue weighted by Gasteiger charge is -2.11. The van der Waals surface area contributed by atoms with Gasteiger partial charge in [-0.2, -0.15) is 5.10 Å². The quantitative estimate of drug-likeness (QED) is 0.724. The van der Waals surface area contributed by atoms with Gasteiger partial charge in [-0.25, -0.2) is 0 Å². The summed E-state index contributed by atoms with van der Waals surface area (Å²) in [6.07, 6.45) is 3.74. The molecule has 3 nitrogen and oxygen atoms in total. The molecule has 0 spiro atoms. The summed E-state index contributed by atoms with van der Waals surface area (Å²) >= 11 is 0. The number of nitrogens with zero attached hydrogens (tertiary/aromatic N) is 2. The van der Waals surface area contributed by atoms with Gasteiger partial charge in [-0.05, 0) is 34.9 Å². The highest BCUT2D eigenvalue weighted by atomic mass is 15.3. The van der Waals surface area contributed by atoms with E-state index in [2.05, 4.69) is 23.3 Å². The predicted molar refractivity (Wildman–Crippen MR) is 77.6 cm³/mol. The SMILES string of the molecule is Nc1ccc(-c2ccccc2)c(Cn2cccn2)c1. The molecule has 0 atom stereocenters. The van der Waals surface area contributed by atoms with Crippen molar-refractivity contribution in [1.29, 1.82) is 0 Å². The second-order valence-electron chi connectivity index (χ2n) is 4.49. The van der Waals surface area contributed by atoms with Gasteiger partial charge in [0.05, 0.1) is 6.54 Å². The summed E-state index contributed by atoms with van der Waals surface area (Å²) in [4.78, 5) is 0. The van der Waals surface area contributed by atoms with Crippen LogP contribution in [0.25, 0.3) is 11.1 Å². The summed E-state index contributed by atoms with van der Waals surface area (Å²) in [5, 5.41) is 4.25. The average Bonchev–Trinajstić information content (AvgIpc) is 2.93. The van der Waals surface area contributed by atoms with Crippen LogP contribution in [0, 0.1) is 0 Å². The molecule has 94 valence electrons. The summed E-state index contributed by atoms with van der Waals surface area (Å²) in [5.41, 5.74) is 10.3. The van der Waals surface area contributed by atoms with Gasteiger partial charge in [-0.1, -0.05) is 36.4 Å². The molecule has 3 aromatic rings. The molecule has 3 heteroatoms. The third-order valence-corrected chi connectivity index (χ3v) is 3.11. The maximum atomic E-state index is 5.90.